The van der Waals surface area contributed by atoms with Crippen molar-refractivity contribution in [3.63, 3.8) is 0 Å². The fourth-order valence-electron chi connectivity index (χ4n) is 2.88. The molecule has 30 heavy (non-hydrogen) atoms. The molecule has 3 rings (SSSR count). The first-order valence-electron chi connectivity index (χ1n) is 8.86. The van der Waals surface area contributed by atoms with Gasteiger partial charge in [0.05, 0.1) is 23.7 Å². The average molecular weight is 440 g/mol. The predicted molar refractivity (Wildman–Crippen MR) is 103 cm³/mol. The normalized spacial score (nSPS) is 16.2. The van der Waals surface area contributed by atoms with Gasteiger partial charge in [-0.1, -0.05) is 42.0 Å². The van der Waals surface area contributed by atoms with Crippen LogP contribution in [0.5, 0.6) is 0 Å². The van der Waals surface area contributed by atoms with E-state index >= 15 is 0 Å². The highest BCUT2D eigenvalue weighted by atomic mass is 35.5. The summed E-state index contributed by atoms with van der Waals surface area (Å²) in [5, 5.41) is 6.26. The van der Waals surface area contributed by atoms with Gasteiger partial charge in [0.15, 0.2) is 5.69 Å². The number of esters is 1. The van der Waals surface area contributed by atoms with Gasteiger partial charge in [-0.3, -0.25) is 9.59 Å². The molecule has 0 aliphatic heterocycles. The summed E-state index contributed by atoms with van der Waals surface area (Å²) in [6.45, 7) is 0.0677. The molecular formula is C20H17ClF3N3O3. The van der Waals surface area contributed by atoms with Gasteiger partial charge in [-0.15, -0.1) is 0 Å². The lowest BCUT2D eigenvalue weighted by molar-refractivity contribution is -0.143. The van der Waals surface area contributed by atoms with Crippen molar-refractivity contribution in [3.05, 3.63) is 70.5 Å². The summed E-state index contributed by atoms with van der Waals surface area (Å²) >= 11 is 6.08. The first-order valence-corrected chi connectivity index (χ1v) is 9.24. The predicted octanol–water partition coefficient (Wildman–Crippen LogP) is 3.95. The standard InChI is InChI=1S/C20H17ClF3N3O3/c1-30-19(29)13-8-6-12(7-9-13)11-25-18(28)16-10-17(20(22,23)24)26-27(16)15-5-3-2-4-14(15)21/h2-8,10,13H,9,11H2,1H3,(H,25,28). The first kappa shape index (κ1) is 21.6. The molecule has 1 N–H and O–H groups in total. The number of nitrogens with zero attached hydrogens (tertiary/aromatic N) is 2. The Labute approximate surface area is 175 Å². The van der Waals surface area contributed by atoms with E-state index in [1.54, 1.807) is 30.4 Å². The molecular weight excluding hydrogens is 423 g/mol. The van der Waals surface area contributed by atoms with E-state index in [1.165, 1.54) is 19.2 Å². The van der Waals surface area contributed by atoms with E-state index in [9.17, 15) is 22.8 Å². The third kappa shape index (κ3) is 4.73. The number of nitrogens with one attached hydrogen (secondary N) is 1. The maximum absolute atomic E-state index is 13.2. The van der Waals surface area contributed by atoms with Crippen LogP contribution in [0.15, 0.2) is 54.1 Å². The largest absolute Gasteiger partial charge is 0.469 e. The number of amides is 1. The Hall–Kier alpha value is -3.07. The number of rotatable bonds is 5. The lowest BCUT2D eigenvalue weighted by atomic mass is 9.97. The van der Waals surface area contributed by atoms with Crippen molar-refractivity contribution in [1.82, 2.24) is 15.1 Å². The van der Waals surface area contributed by atoms with E-state index < -0.39 is 23.7 Å². The van der Waals surface area contributed by atoms with E-state index in [0.717, 1.165) is 4.68 Å². The highest BCUT2D eigenvalue weighted by Gasteiger charge is 2.36. The summed E-state index contributed by atoms with van der Waals surface area (Å²) in [5.41, 5.74) is -0.644. The van der Waals surface area contributed by atoms with E-state index in [-0.39, 0.29) is 28.9 Å². The Bertz CT molecular complexity index is 1030. The van der Waals surface area contributed by atoms with Crippen molar-refractivity contribution >= 4 is 23.5 Å². The lowest BCUT2D eigenvalue weighted by Crippen LogP contribution is -2.28. The molecule has 0 saturated carbocycles. The van der Waals surface area contributed by atoms with Gasteiger partial charge in [-0.05, 0) is 24.1 Å². The zero-order valence-corrected chi connectivity index (χ0v) is 16.5. The smallest absolute Gasteiger partial charge is 0.435 e. The maximum Gasteiger partial charge on any atom is 0.435 e. The van der Waals surface area contributed by atoms with Gasteiger partial charge in [-0.2, -0.15) is 18.3 Å². The second-order valence-electron chi connectivity index (χ2n) is 6.46. The van der Waals surface area contributed by atoms with Gasteiger partial charge < -0.3 is 10.1 Å². The molecule has 1 aromatic heterocycles. The molecule has 158 valence electrons. The molecule has 0 radical (unpaired) electrons. The zero-order chi connectivity index (χ0) is 21.9. The van der Waals surface area contributed by atoms with Crippen LogP contribution in [-0.4, -0.2) is 35.3 Å². The minimum Gasteiger partial charge on any atom is -0.469 e. The van der Waals surface area contributed by atoms with Crippen molar-refractivity contribution in [2.45, 2.75) is 12.6 Å². The van der Waals surface area contributed by atoms with Gasteiger partial charge >= 0.3 is 12.1 Å². The van der Waals surface area contributed by atoms with Crippen LogP contribution in [0.2, 0.25) is 5.02 Å². The van der Waals surface area contributed by atoms with Crippen LogP contribution in [0.1, 0.15) is 22.6 Å². The molecule has 1 atom stereocenters. The highest BCUT2D eigenvalue weighted by Crippen LogP contribution is 2.31. The van der Waals surface area contributed by atoms with Crippen LogP contribution in [0, 0.1) is 5.92 Å². The lowest BCUT2D eigenvalue weighted by Gasteiger charge is -2.15. The number of hydrogen-bond acceptors (Lipinski definition) is 4. The zero-order valence-electron chi connectivity index (χ0n) is 15.7. The third-order valence-electron chi connectivity index (χ3n) is 4.45. The van der Waals surface area contributed by atoms with Crippen LogP contribution >= 0.6 is 11.6 Å². The van der Waals surface area contributed by atoms with Crippen LogP contribution in [0.25, 0.3) is 5.69 Å². The number of halogens is 4. The number of benzene rings is 1. The molecule has 1 aliphatic rings. The second-order valence-corrected chi connectivity index (χ2v) is 6.87. The Kier molecular flexibility index (Phi) is 6.31. The number of carbonyl (C=O) groups is 2. The maximum atomic E-state index is 13.2. The van der Waals surface area contributed by atoms with Gasteiger partial charge in [0, 0.05) is 12.6 Å². The Morgan fingerprint density at radius 3 is 2.67 bits per heavy atom. The second kappa shape index (κ2) is 8.74. The Morgan fingerprint density at radius 2 is 2.07 bits per heavy atom. The van der Waals surface area contributed by atoms with Crippen molar-refractivity contribution < 1.29 is 27.5 Å². The third-order valence-corrected chi connectivity index (χ3v) is 4.77. The molecule has 1 amide bonds. The van der Waals surface area contributed by atoms with Gasteiger partial charge in [0.1, 0.15) is 5.69 Å². The molecule has 2 aromatic rings. The number of methoxy groups -OCH3 is 1. The molecule has 10 heteroatoms. The van der Waals surface area contributed by atoms with E-state index in [0.29, 0.717) is 18.1 Å². The summed E-state index contributed by atoms with van der Waals surface area (Å²) in [6, 6.07) is 6.82. The average Bonchev–Trinajstić information content (AvgIpc) is 3.18. The number of allylic oxidation sites excluding steroid dienone is 1. The van der Waals surface area contributed by atoms with Gasteiger partial charge in [0.2, 0.25) is 0 Å². The van der Waals surface area contributed by atoms with E-state index in [2.05, 4.69) is 15.2 Å². The monoisotopic (exact) mass is 439 g/mol. The van der Waals surface area contributed by atoms with Crippen LogP contribution in [0.3, 0.4) is 0 Å². The Balaban J connectivity index is 1.80. The van der Waals surface area contributed by atoms with Crippen molar-refractivity contribution in [2.75, 3.05) is 13.7 Å². The molecule has 1 unspecified atom stereocenters. The van der Waals surface area contributed by atoms with Crippen LogP contribution < -0.4 is 5.32 Å². The molecule has 0 bridgehead atoms. The van der Waals surface area contributed by atoms with Crippen molar-refractivity contribution in [2.24, 2.45) is 5.92 Å². The quantitative estimate of drug-likeness (QED) is 0.716. The summed E-state index contributed by atoms with van der Waals surface area (Å²) < 4.78 is 45.1. The molecule has 1 aliphatic carbocycles. The number of carbonyl (C=O) groups excluding carboxylic acids is 2. The highest BCUT2D eigenvalue weighted by molar-refractivity contribution is 6.32. The summed E-state index contributed by atoms with van der Waals surface area (Å²) in [7, 11) is 1.30. The van der Waals surface area contributed by atoms with E-state index in [4.69, 9.17) is 11.6 Å². The van der Waals surface area contributed by atoms with Crippen molar-refractivity contribution in [1.29, 1.82) is 0 Å². The van der Waals surface area contributed by atoms with E-state index in [1.807, 2.05) is 0 Å². The number of ether oxygens (including phenoxy) is 1. The number of aromatic nitrogens is 2. The summed E-state index contributed by atoms with van der Waals surface area (Å²) in [5.74, 6) is -1.51. The molecule has 1 heterocycles. The number of alkyl halides is 3. The van der Waals surface area contributed by atoms with Crippen LogP contribution in [-0.2, 0) is 15.7 Å². The van der Waals surface area contributed by atoms with Gasteiger partial charge in [-0.25, -0.2) is 4.68 Å². The Morgan fingerprint density at radius 1 is 1.33 bits per heavy atom. The minimum absolute atomic E-state index is 0.0677. The summed E-state index contributed by atoms with van der Waals surface area (Å²) in [6.07, 6.45) is 0.762. The molecule has 6 nitrogen and oxygen atoms in total. The summed E-state index contributed by atoms with van der Waals surface area (Å²) in [4.78, 5) is 24.2. The molecule has 0 saturated heterocycles. The fourth-order valence-corrected chi connectivity index (χ4v) is 3.10. The minimum atomic E-state index is -4.72. The SMILES string of the molecule is COC(=O)C1C=CC(CNC(=O)c2cc(C(F)(F)F)nn2-c2ccccc2Cl)=CC1. The van der Waals surface area contributed by atoms with Crippen LogP contribution in [0.4, 0.5) is 13.2 Å². The number of hydrogen-bond donors (Lipinski definition) is 1. The first-order chi connectivity index (χ1) is 14.2. The molecule has 0 spiro atoms. The topological polar surface area (TPSA) is 73.2 Å². The molecule has 1 aromatic carbocycles. The fraction of sp³-hybridized carbons (Fsp3) is 0.250. The molecule has 0 fully saturated rings. The van der Waals surface area contributed by atoms with Gasteiger partial charge in [0.25, 0.3) is 5.91 Å². The van der Waals surface area contributed by atoms with Crippen molar-refractivity contribution in [3.8, 4) is 5.69 Å². The number of para-hydroxylation sites is 1.